The summed E-state index contributed by atoms with van der Waals surface area (Å²) in [5, 5.41) is 8.58. The Morgan fingerprint density at radius 2 is 1.94 bits per heavy atom. The van der Waals surface area contributed by atoms with E-state index < -0.39 is 0 Å². The summed E-state index contributed by atoms with van der Waals surface area (Å²) in [5.74, 6) is 0. The highest BCUT2D eigenvalue weighted by Gasteiger charge is 2.05. The molecule has 1 aromatic carbocycles. The average Bonchev–Trinajstić information content (AvgIpc) is 2.23. The van der Waals surface area contributed by atoms with Crippen LogP contribution >= 0.6 is 0 Å². The van der Waals surface area contributed by atoms with E-state index in [0.717, 1.165) is 11.1 Å². The Kier molecular flexibility index (Phi) is 4.23. The zero-order valence-electron chi connectivity index (χ0n) is 10.9. The standard InChI is InChI=1S/C15H18N2/c1-12-7-8-14(11-17-15(2,3)4)13(10-12)6-5-9-16/h5-8,10-11H,1-4H3/b6-5+,17-11?. The minimum absolute atomic E-state index is 0.0822. The Hall–Kier alpha value is -1.88. The first-order chi connectivity index (χ1) is 7.92. The number of hydrogen-bond acceptors (Lipinski definition) is 2. The van der Waals surface area contributed by atoms with Gasteiger partial charge < -0.3 is 0 Å². The van der Waals surface area contributed by atoms with Crippen LogP contribution in [0.1, 0.15) is 37.5 Å². The van der Waals surface area contributed by atoms with E-state index in [4.69, 9.17) is 5.26 Å². The van der Waals surface area contributed by atoms with Crippen molar-refractivity contribution in [3.05, 3.63) is 41.0 Å². The molecule has 0 fully saturated rings. The fraction of sp³-hybridized carbons (Fsp3) is 0.333. The smallest absolute Gasteiger partial charge is 0.0912 e. The summed E-state index contributed by atoms with van der Waals surface area (Å²) in [6.45, 7) is 8.21. The topological polar surface area (TPSA) is 36.1 Å². The van der Waals surface area contributed by atoms with Crippen molar-refractivity contribution < 1.29 is 0 Å². The summed E-state index contributed by atoms with van der Waals surface area (Å²) in [6.07, 6.45) is 5.18. The number of aryl methyl sites for hydroxylation is 1. The van der Waals surface area contributed by atoms with E-state index in [1.165, 1.54) is 11.6 Å². The van der Waals surface area contributed by atoms with Crippen molar-refractivity contribution >= 4 is 12.3 Å². The van der Waals surface area contributed by atoms with Gasteiger partial charge in [-0.2, -0.15) is 5.26 Å². The van der Waals surface area contributed by atoms with Crippen molar-refractivity contribution in [3.8, 4) is 6.07 Å². The van der Waals surface area contributed by atoms with Crippen LogP contribution in [0.25, 0.3) is 6.08 Å². The van der Waals surface area contributed by atoms with Crippen LogP contribution in [0.5, 0.6) is 0 Å². The quantitative estimate of drug-likeness (QED) is 0.559. The molecule has 0 N–H and O–H groups in total. The fourth-order valence-corrected chi connectivity index (χ4v) is 1.35. The normalized spacial score (nSPS) is 12.2. The van der Waals surface area contributed by atoms with Gasteiger partial charge in [0.1, 0.15) is 0 Å². The highest BCUT2D eigenvalue weighted by molar-refractivity contribution is 5.86. The maximum Gasteiger partial charge on any atom is 0.0912 e. The van der Waals surface area contributed by atoms with E-state index in [-0.39, 0.29) is 5.54 Å². The molecule has 0 amide bonds. The highest BCUT2D eigenvalue weighted by Crippen LogP contribution is 2.14. The van der Waals surface area contributed by atoms with Gasteiger partial charge in [-0.05, 0) is 44.9 Å². The molecular weight excluding hydrogens is 208 g/mol. The van der Waals surface area contributed by atoms with Crippen LogP contribution in [-0.4, -0.2) is 11.8 Å². The third kappa shape index (κ3) is 4.65. The lowest BCUT2D eigenvalue weighted by molar-refractivity contribution is 0.586. The lowest BCUT2D eigenvalue weighted by Gasteiger charge is -2.11. The molecule has 0 unspecified atom stereocenters. The molecule has 17 heavy (non-hydrogen) atoms. The second kappa shape index (κ2) is 5.45. The van der Waals surface area contributed by atoms with Gasteiger partial charge >= 0.3 is 0 Å². The molecule has 0 aromatic heterocycles. The number of nitriles is 1. The van der Waals surface area contributed by atoms with Crippen LogP contribution in [0.15, 0.2) is 29.3 Å². The van der Waals surface area contributed by atoms with Gasteiger partial charge in [0.05, 0.1) is 11.6 Å². The molecule has 0 heterocycles. The molecule has 0 atom stereocenters. The lowest BCUT2D eigenvalue weighted by atomic mass is 10.0. The zero-order valence-corrected chi connectivity index (χ0v) is 10.9. The SMILES string of the molecule is Cc1ccc(C=NC(C)(C)C)c(/C=C/C#N)c1. The largest absolute Gasteiger partial charge is 0.287 e. The summed E-state index contributed by atoms with van der Waals surface area (Å²) >= 11 is 0. The summed E-state index contributed by atoms with van der Waals surface area (Å²) in [7, 11) is 0. The van der Waals surface area contributed by atoms with E-state index in [9.17, 15) is 0 Å². The summed E-state index contributed by atoms with van der Waals surface area (Å²) in [6, 6.07) is 8.14. The van der Waals surface area contributed by atoms with Crippen LogP contribution in [0.2, 0.25) is 0 Å². The van der Waals surface area contributed by atoms with E-state index >= 15 is 0 Å². The Labute approximate surface area is 103 Å². The summed E-state index contributed by atoms with van der Waals surface area (Å²) in [5.41, 5.74) is 3.16. The molecule has 2 heteroatoms. The van der Waals surface area contributed by atoms with Crippen LogP contribution in [-0.2, 0) is 0 Å². The molecule has 0 spiro atoms. The molecule has 0 aliphatic carbocycles. The Bertz CT molecular complexity index is 483. The van der Waals surface area contributed by atoms with E-state index in [1.807, 2.05) is 37.4 Å². The Morgan fingerprint density at radius 3 is 2.53 bits per heavy atom. The minimum Gasteiger partial charge on any atom is -0.287 e. The van der Waals surface area contributed by atoms with Crippen LogP contribution in [0.3, 0.4) is 0 Å². The zero-order chi connectivity index (χ0) is 12.9. The maximum atomic E-state index is 8.58. The molecule has 2 nitrogen and oxygen atoms in total. The van der Waals surface area contributed by atoms with Gasteiger partial charge in [-0.1, -0.05) is 23.8 Å². The highest BCUT2D eigenvalue weighted by atomic mass is 14.8. The summed E-state index contributed by atoms with van der Waals surface area (Å²) in [4.78, 5) is 4.48. The van der Waals surface area contributed by atoms with Crippen LogP contribution in [0, 0.1) is 18.3 Å². The predicted octanol–water partition coefficient (Wildman–Crippen LogP) is 3.75. The Balaban J connectivity index is 3.12. The van der Waals surface area contributed by atoms with Gasteiger partial charge in [-0.15, -0.1) is 0 Å². The van der Waals surface area contributed by atoms with Gasteiger partial charge in [0.25, 0.3) is 0 Å². The number of allylic oxidation sites excluding steroid dienone is 1. The second-order valence-electron chi connectivity index (χ2n) is 5.02. The molecule has 0 bridgehead atoms. The second-order valence-corrected chi connectivity index (χ2v) is 5.02. The fourth-order valence-electron chi connectivity index (χ4n) is 1.35. The molecule has 0 saturated carbocycles. The van der Waals surface area contributed by atoms with Crippen LogP contribution in [0.4, 0.5) is 0 Å². The predicted molar refractivity (Wildman–Crippen MR) is 73.2 cm³/mol. The summed E-state index contributed by atoms with van der Waals surface area (Å²) < 4.78 is 0. The number of hydrogen-bond donors (Lipinski definition) is 0. The first kappa shape index (κ1) is 13.2. The van der Waals surface area contributed by atoms with Crippen molar-refractivity contribution in [3.63, 3.8) is 0 Å². The van der Waals surface area contributed by atoms with Crippen LogP contribution < -0.4 is 0 Å². The average molecular weight is 226 g/mol. The van der Waals surface area contributed by atoms with Crippen molar-refractivity contribution in [2.75, 3.05) is 0 Å². The van der Waals surface area contributed by atoms with Gasteiger partial charge in [0.2, 0.25) is 0 Å². The van der Waals surface area contributed by atoms with Gasteiger partial charge in [-0.3, -0.25) is 4.99 Å². The monoisotopic (exact) mass is 226 g/mol. The molecule has 1 aromatic rings. The minimum atomic E-state index is -0.0822. The van der Waals surface area contributed by atoms with Crippen molar-refractivity contribution in [1.29, 1.82) is 5.26 Å². The van der Waals surface area contributed by atoms with Crippen molar-refractivity contribution in [2.45, 2.75) is 33.2 Å². The van der Waals surface area contributed by atoms with Gasteiger partial charge in [-0.25, -0.2) is 0 Å². The first-order valence-corrected chi connectivity index (χ1v) is 5.64. The molecule has 88 valence electrons. The maximum absolute atomic E-state index is 8.58. The third-order valence-corrected chi connectivity index (χ3v) is 2.17. The van der Waals surface area contributed by atoms with E-state index in [0.29, 0.717) is 0 Å². The molecule has 0 saturated heterocycles. The lowest BCUT2D eigenvalue weighted by Crippen LogP contribution is -2.09. The molecule has 0 aliphatic rings. The first-order valence-electron chi connectivity index (χ1n) is 5.64. The van der Waals surface area contributed by atoms with Crippen molar-refractivity contribution in [2.24, 2.45) is 4.99 Å². The number of rotatable bonds is 2. The number of nitrogens with zero attached hydrogens (tertiary/aromatic N) is 2. The van der Waals surface area contributed by atoms with E-state index in [1.54, 1.807) is 0 Å². The third-order valence-electron chi connectivity index (χ3n) is 2.17. The molecule has 0 radical (unpaired) electrons. The number of aliphatic imine (C=N–C) groups is 1. The number of benzene rings is 1. The van der Waals surface area contributed by atoms with Gasteiger partial charge in [0, 0.05) is 12.3 Å². The molecular formula is C15H18N2. The van der Waals surface area contributed by atoms with E-state index in [2.05, 4.69) is 31.8 Å². The molecule has 1 rings (SSSR count). The molecule has 0 aliphatic heterocycles. The Morgan fingerprint density at radius 1 is 1.24 bits per heavy atom. The van der Waals surface area contributed by atoms with Crippen molar-refractivity contribution in [1.82, 2.24) is 0 Å². The van der Waals surface area contributed by atoms with Gasteiger partial charge in [0.15, 0.2) is 0 Å².